The van der Waals surface area contributed by atoms with Crippen molar-refractivity contribution in [1.29, 1.82) is 0 Å². The van der Waals surface area contributed by atoms with Crippen molar-refractivity contribution in [1.82, 2.24) is 0 Å². The first-order valence-corrected chi connectivity index (χ1v) is 17.0. The zero-order valence-electron chi connectivity index (χ0n) is 25.2. The Morgan fingerprint density at radius 1 is 0.625 bits per heavy atom. The van der Waals surface area contributed by atoms with E-state index in [1.165, 1.54) is 102 Å². The van der Waals surface area contributed by atoms with Crippen LogP contribution in [0.25, 0.3) is 0 Å². The van der Waals surface area contributed by atoms with Crippen LogP contribution in [0.4, 0.5) is 8.78 Å². The van der Waals surface area contributed by atoms with Gasteiger partial charge < -0.3 is 9.47 Å². The van der Waals surface area contributed by atoms with E-state index >= 15 is 0 Å². The van der Waals surface area contributed by atoms with Gasteiger partial charge in [-0.2, -0.15) is 8.78 Å². The lowest BCUT2D eigenvalue weighted by molar-refractivity contribution is 0.0670. The van der Waals surface area contributed by atoms with Gasteiger partial charge >= 0.3 is 0 Å². The summed E-state index contributed by atoms with van der Waals surface area (Å²) in [5.41, 5.74) is 0. The Kier molecular flexibility index (Phi) is 10.9. The van der Waals surface area contributed by atoms with Gasteiger partial charge in [-0.25, -0.2) is 0 Å². The predicted octanol–water partition coefficient (Wildman–Crippen LogP) is 10.5. The molecular formula is C36H54F2O2. The average Bonchev–Trinajstić information content (AvgIpc) is 2.99. The molecule has 5 rings (SSSR count). The number of hydrogen-bond donors (Lipinski definition) is 0. The van der Waals surface area contributed by atoms with Gasteiger partial charge in [-0.05, 0) is 143 Å². The molecule has 1 aromatic rings. The summed E-state index contributed by atoms with van der Waals surface area (Å²) in [7, 11) is 0. The molecule has 4 aliphatic carbocycles. The summed E-state index contributed by atoms with van der Waals surface area (Å²) in [4.78, 5) is 0. The second-order valence-corrected chi connectivity index (χ2v) is 13.8. The number of fused-ring (bicyclic) bond motifs is 1. The van der Waals surface area contributed by atoms with Crippen LogP contribution in [0.5, 0.6) is 11.5 Å². The van der Waals surface area contributed by atoms with Crippen LogP contribution in [0.1, 0.15) is 117 Å². The Labute approximate surface area is 242 Å². The summed E-state index contributed by atoms with van der Waals surface area (Å²) < 4.78 is 39.3. The fourth-order valence-corrected chi connectivity index (χ4v) is 8.88. The summed E-state index contributed by atoms with van der Waals surface area (Å²) >= 11 is 0. The van der Waals surface area contributed by atoms with Gasteiger partial charge in [0, 0.05) is 0 Å². The van der Waals surface area contributed by atoms with E-state index in [1.807, 2.05) is 0 Å². The molecule has 40 heavy (non-hydrogen) atoms. The quantitative estimate of drug-likeness (QED) is 0.267. The molecule has 4 fully saturated rings. The summed E-state index contributed by atoms with van der Waals surface area (Å²) in [6.45, 7) is 4.85. The minimum Gasteiger partial charge on any atom is -0.491 e. The molecule has 224 valence electrons. The molecule has 4 unspecified atom stereocenters. The first kappa shape index (κ1) is 29.9. The van der Waals surface area contributed by atoms with Gasteiger partial charge in [0.05, 0.1) is 13.2 Å². The molecule has 0 heterocycles. The van der Waals surface area contributed by atoms with E-state index in [0.717, 1.165) is 48.3 Å². The molecule has 0 spiro atoms. The lowest BCUT2D eigenvalue weighted by Crippen LogP contribution is -2.34. The van der Waals surface area contributed by atoms with Crippen molar-refractivity contribution in [3.8, 4) is 11.5 Å². The molecule has 0 radical (unpaired) electrons. The first-order valence-electron chi connectivity index (χ1n) is 17.0. The molecule has 2 nitrogen and oxygen atoms in total. The SMILES string of the molecule is CCCC1CCC(C2CCC3CC(C=CC4CCC(COc5ccc(OCC)c(F)c5F)CC4)CCC3C2)CC1. The van der Waals surface area contributed by atoms with Crippen molar-refractivity contribution in [2.24, 2.45) is 47.3 Å². The molecular weight excluding hydrogens is 502 g/mol. The summed E-state index contributed by atoms with van der Waals surface area (Å²) in [6.07, 6.45) is 27.3. The molecule has 1 aromatic carbocycles. The van der Waals surface area contributed by atoms with Gasteiger partial charge in [-0.1, -0.05) is 44.8 Å². The number of allylic oxidation sites excluding steroid dienone is 2. The standard InChI is InChI=1S/C36H54F2O2/c1-3-5-25-12-15-29(16-13-25)31-19-18-30-22-27(14-17-32(30)23-31)9-6-26-7-10-28(11-8-26)24-40-34-21-20-33(39-4-2)35(37)36(34)38/h6,9,20-21,25-32H,3-5,7-8,10-19,22-24H2,1-2H3. The van der Waals surface area contributed by atoms with Gasteiger partial charge in [0.1, 0.15) is 0 Å². The third-order valence-electron chi connectivity index (χ3n) is 11.3. The fraction of sp³-hybridized carbons (Fsp3) is 0.778. The predicted molar refractivity (Wildman–Crippen MR) is 160 cm³/mol. The van der Waals surface area contributed by atoms with Crippen LogP contribution in [0.2, 0.25) is 0 Å². The highest BCUT2D eigenvalue weighted by molar-refractivity contribution is 5.35. The molecule has 0 aromatic heterocycles. The van der Waals surface area contributed by atoms with E-state index in [2.05, 4.69) is 19.1 Å². The summed E-state index contributed by atoms with van der Waals surface area (Å²) in [5, 5.41) is 0. The lowest BCUT2D eigenvalue weighted by Gasteiger charge is -2.45. The highest BCUT2D eigenvalue weighted by Gasteiger charge is 2.38. The minimum atomic E-state index is -0.958. The topological polar surface area (TPSA) is 18.5 Å². The maximum absolute atomic E-state index is 14.3. The first-order chi connectivity index (χ1) is 19.5. The minimum absolute atomic E-state index is 0.00744. The number of benzene rings is 1. The summed E-state index contributed by atoms with van der Waals surface area (Å²) in [5.74, 6) is 4.95. The Balaban J connectivity index is 1.00. The summed E-state index contributed by atoms with van der Waals surface area (Å²) in [6, 6.07) is 2.94. The molecule has 0 saturated heterocycles. The van der Waals surface area contributed by atoms with Crippen molar-refractivity contribution >= 4 is 0 Å². The highest BCUT2D eigenvalue weighted by Crippen LogP contribution is 2.49. The van der Waals surface area contributed by atoms with Gasteiger partial charge in [0.2, 0.25) is 11.6 Å². The van der Waals surface area contributed by atoms with Crippen LogP contribution in [-0.2, 0) is 0 Å². The van der Waals surface area contributed by atoms with Crippen molar-refractivity contribution < 1.29 is 18.3 Å². The monoisotopic (exact) mass is 556 g/mol. The van der Waals surface area contributed by atoms with Crippen LogP contribution in [0.15, 0.2) is 24.3 Å². The van der Waals surface area contributed by atoms with Gasteiger partial charge in [-0.3, -0.25) is 0 Å². The van der Waals surface area contributed by atoms with E-state index in [4.69, 9.17) is 9.47 Å². The van der Waals surface area contributed by atoms with Gasteiger partial charge in [-0.15, -0.1) is 0 Å². The van der Waals surface area contributed by atoms with E-state index in [0.29, 0.717) is 25.0 Å². The molecule has 0 N–H and O–H groups in total. The second-order valence-electron chi connectivity index (χ2n) is 13.8. The molecule has 0 amide bonds. The number of ether oxygens (including phenoxy) is 2. The van der Waals surface area contributed by atoms with Crippen molar-refractivity contribution in [3.05, 3.63) is 35.9 Å². The molecule has 4 heteroatoms. The Hall–Kier alpha value is -1.58. The van der Waals surface area contributed by atoms with Crippen molar-refractivity contribution in [2.75, 3.05) is 13.2 Å². The smallest absolute Gasteiger partial charge is 0.204 e. The number of rotatable bonds is 10. The van der Waals surface area contributed by atoms with Crippen LogP contribution in [0.3, 0.4) is 0 Å². The van der Waals surface area contributed by atoms with Gasteiger partial charge in [0.25, 0.3) is 0 Å². The molecule has 4 saturated carbocycles. The van der Waals surface area contributed by atoms with Crippen molar-refractivity contribution in [3.63, 3.8) is 0 Å². The Bertz CT molecular complexity index is 944. The molecule has 4 atom stereocenters. The molecule has 0 bridgehead atoms. The highest BCUT2D eigenvalue weighted by atomic mass is 19.2. The van der Waals surface area contributed by atoms with Crippen LogP contribution >= 0.6 is 0 Å². The fourth-order valence-electron chi connectivity index (χ4n) is 8.88. The van der Waals surface area contributed by atoms with Crippen LogP contribution < -0.4 is 9.47 Å². The normalized spacial score (nSPS) is 34.9. The maximum Gasteiger partial charge on any atom is 0.204 e. The second kappa shape index (κ2) is 14.5. The van der Waals surface area contributed by atoms with Crippen LogP contribution in [-0.4, -0.2) is 13.2 Å². The van der Waals surface area contributed by atoms with Crippen molar-refractivity contribution in [2.45, 2.75) is 117 Å². The molecule has 4 aliphatic rings. The van der Waals surface area contributed by atoms with E-state index < -0.39 is 11.6 Å². The molecule has 0 aliphatic heterocycles. The van der Waals surface area contributed by atoms with E-state index in [-0.39, 0.29) is 11.5 Å². The third kappa shape index (κ3) is 7.62. The largest absolute Gasteiger partial charge is 0.491 e. The number of halogens is 2. The lowest BCUT2D eigenvalue weighted by atomic mass is 9.61. The van der Waals surface area contributed by atoms with E-state index in [1.54, 1.807) is 6.92 Å². The third-order valence-corrected chi connectivity index (χ3v) is 11.3. The Morgan fingerprint density at radius 2 is 1.15 bits per heavy atom. The zero-order chi connectivity index (χ0) is 27.9. The van der Waals surface area contributed by atoms with Gasteiger partial charge in [0.15, 0.2) is 11.5 Å². The maximum atomic E-state index is 14.3. The van der Waals surface area contributed by atoms with Crippen LogP contribution in [0, 0.1) is 59.0 Å². The average molecular weight is 557 g/mol. The Morgan fingerprint density at radius 3 is 1.82 bits per heavy atom. The van der Waals surface area contributed by atoms with E-state index in [9.17, 15) is 8.78 Å². The number of hydrogen-bond acceptors (Lipinski definition) is 2. The zero-order valence-corrected chi connectivity index (χ0v) is 25.2.